The molecule has 0 spiro atoms. The van der Waals surface area contributed by atoms with Gasteiger partial charge in [0.15, 0.2) is 0 Å². The van der Waals surface area contributed by atoms with Crippen LogP contribution in [-0.4, -0.2) is 27.1 Å². The van der Waals surface area contributed by atoms with Gasteiger partial charge in [0.1, 0.15) is 5.65 Å². The quantitative estimate of drug-likeness (QED) is 0.810. The Morgan fingerprint density at radius 2 is 2.38 bits per heavy atom. The van der Waals surface area contributed by atoms with Crippen molar-refractivity contribution in [3.63, 3.8) is 0 Å². The molecule has 2 aromatic heterocycles. The summed E-state index contributed by atoms with van der Waals surface area (Å²) in [5, 5.41) is 12.2. The standard InChI is InChI=1S/C12H17N3O/c1-9-3-4-15-11(6-13-10(2)8-16)7-14-12(15)5-9/h3-5,7,10,13,16H,6,8H2,1-2H3. The second-order valence-corrected chi connectivity index (χ2v) is 4.15. The Morgan fingerprint density at radius 1 is 1.56 bits per heavy atom. The smallest absolute Gasteiger partial charge is 0.137 e. The van der Waals surface area contributed by atoms with Crippen LogP contribution in [0.3, 0.4) is 0 Å². The van der Waals surface area contributed by atoms with E-state index in [1.807, 2.05) is 19.3 Å². The minimum Gasteiger partial charge on any atom is -0.395 e. The van der Waals surface area contributed by atoms with Gasteiger partial charge in [0.2, 0.25) is 0 Å². The first-order chi connectivity index (χ1) is 7.70. The van der Waals surface area contributed by atoms with E-state index in [0.717, 1.165) is 11.3 Å². The van der Waals surface area contributed by atoms with Crippen molar-refractivity contribution < 1.29 is 5.11 Å². The van der Waals surface area contributed by atoms with Crippen LogP contribution in [0.5, 0.6) is 0 Å². The van der Waals surface area contributed by atoms with Crippen molar-refractivity contribution in [3.05, 3.63) is 35.8 Å². The molecule has 0 aliphatic heterocycles. The number of fused-ring (bicyclic) bond motifs is 1. The maximum Gasteiger partial charge on any atom is 0.137 e. The Morgan fingerprint density at radius 3 is 3.12 bits per heavy atom. The van der Waals surface area contributed by atoms with Crippen molar-refractivity contribution in [2.24, 2.45) is 0 Å². The third-order valence-electron chi connectivity index (χ3n) is 2.65. The minimum atomic E-state index is 0.107. The number of imidazole rings is 1. The number of hydrogen-bond acceptors (Lipinski definition) is 3. The van der Waals surface area contributed by atoms with Crippen molar-refractivity contribution in [1.29, 1.82) is 0 Å². The monoisotopic (exact) mass is 219 g/mol. The fraction of sp³-hybridized carbons (Fsp3) is 0.417. The van der Waals surface area contributed by atoms with Gasteiger partial charge in [0, 0.05) is 18.8 Å². The maximum absolute atomic E-state index is 8.93. The molecule has 4 heteroatoms. The Hall–Kier alpha value is -1.39. The van der Waals surface area contributed by atoms with Crippen molar-refractivity contribution in [3.8, 4) is 0 Å². The number of pyridine rings is 1. The van der Waals surface area contributed by atoms with E-state index in [1.165, 1.54) is 5.56 Å². The molecule has 2 aromatic rings. The number of rotatable bonds is 4. The lowest BCUT2D eigenvalue weighted by Crippen LogP contribution is -2.29. The van der Waals surface area contributed by atoms with Gasteiger partial charge in [-0.25, -0.2) is 4.98 Å². The molecule has 0 aliphatic carbocycles. The molecule has 0 fully saturated rings. The highest BCUT2D eigenvalue weighted by atomic mass is 16.3. The highest BCUT2D eigenvalue weighted by molar-refractivity contribution is 5.42. The van der Waals surface area contributed by atoms with Crippen molar-refractivity contribution in [1.82, 2.24) is 14.7 Å². The highest BCUT2D eigenvalue weighted by Crippen LogP contribution is 2.08. The Labute approximate surface area is 94.9 Å². The molecule has 1 unspecified atom stereocenters. The molecule has 2 N–H and O–H groups in total. The van der Waals surface area contributed by atoms with Crippen LogP contribution >= 0.6 is 0 Å². The normalized spacial score (nSPS) is 13.2. The van der Waals surface area contributed by atoms with Crippen LogP contribution < -0.4 is 5.32 Å². The molecular formula is C12H17N3O. The molecule has 16 heavy (non-hydrogen) atoms. The molecular weight excluding hydrogens is 202 g/mol. The minimum absolute atomic E-state index is 0.107. The molecule has 0 bridgehead atoms. The number of nitrogens with one attached hydrogen (secondary N) is 1. The van der Waals surface area contributed by atoms with E-state index in [4.69, 9.17) is 5.11 Å². The third-order valence-corrected chi connectivity index (χ3v) is 2.65. The summed E-state index contributed by atoms with van der Waals surface area (Å²) in [6, 6.07) is 4.23. The van der Waals surface area contributed by atoms with E-state index < -0.39 is 0 Å². The summed E-state index contributed by atoms with van der Waals surface area (Å²) < 4.78 is 2.06. The van der Waals surface area contributed by atoms with Gasteiger partial charge in [0.25, 0.3) is 0 Å². The summed E-state index contributed by atoms with van der Waals surface area (Å²) in [7, 11) is 0. The van der Waals surface area contributed by atoms with E-state index in [9.17, 15) is 0 Å². The molecule has 1 atom stereocenters. The average molecular weight is 219 g/mol. The summed E-state index contributed by atoms with van der Waals surface area (Å²) in [6.07, 6.45) is 3.89. The number of aromatic nitrogens is 2. The Kier molecular flexibility index (Phi) is 3.22. The van der Waals surface area contributed by atoms with Crippen LogP contribution in [-0.2, 0) is 6.54 Å². The van der Waals surface area contributed by atoms with Gasteiger partial charge in [-0.2, -0.15) is 0 Å². The topological polar surface area (TPSA) is 49.6 Å². The number of aliphatic hydroxyl groups is 1. The fourth-order valence-corrected chi connectivity index (χ4v) is 1.61. The Balaban J connectivity index is 2.19. The largest absolute Gasteiger partial charge is 0.395 e. The average Bonchev–Trinajstić information content (AvgIpc) is 2.68. The molecule has 0 aliphatic rings. The van der Waals surface area contributed by atoms with Crippen molar-refractivity contribution >= 4 is 5.65 Å². The van der Waals surface area contributed by atoms with E-state index in [0.29, 0.717) is 6.54 Å². The number of aliphatic hydroxyl groups excluding tert-OH is 1. The number of hydrogen-bond donors (Lipinski definition) is 2. The molecule has 2 rings (SSSR count). The van der Waals surface area contributed by atoms with E-state index in [2.05, 4.69) is 33.8 Å². The Bertz CT molecular complexity index is 478. The van der Waals surface area contributed by atoms with Crippen LogP contribution in [0.4, 0.5) is 0 Å². The molecule has 0 saturated heterocycles. The molecule has 0 radical (unpaired) electrons. The molecule has 0 amide bonds. The van der Waals surface area contributed by atoms with Gasteiger partial charge in [0.05, 0.1) is 18.5 Å². The summed E-state index contributed by atoms with van der Waals surface area (Å²) in [5.74, 6) is 0. The fourth-order valence-electron chi connectivity index (χ4n) is 1.61. The zero-order chi connectivity index (χ0) is 11.5. The molecule has 0 aromatic carbocycles. The molecule has 2 heterocycles. The predicted molar refractivity (Wildman–Crippen MR) is 63.3 cm³/mol. The third kappa shape index (κ3) is 2.23. The van der Waals surface area contributed by atoms with Crippen LogP contribution in [0.25, 0.3) is 5.65 Å². The number of aryl methyl sites for hydroxylation is 1. The second-order valence-electron chi connectivity index (χ2n) is 4.15. The SMILES string of the molecule is Cc1ccn2c(CNC(C)CO)cnc2c1. The van der Waals surface area contributed by atoms with E-state index in [1.54, 1.807) is 0 Å². The first kappa shape index (κ1) is 11.1. The van der Waals surface area contributed by atoms with Gasteiger partial charge in [-0.05, 0) is 31.5 Å². The van der Waals surface area contributed by atoms with E-state index >= 15 is 0 Å². The first-order valence-corrected chi connectivity index (χ1v) is 5.47. The van der Waals surface area contributed by atoms with Crippen LogP contribution in [0.2, 0.25) is 0 Å². The first-order valence-electron chi connectivity index (χ1n) is 5.47. The van der Waals surface area contributed by atoms with E-state index in [-0.39, 0.29) is 12.6 Å². The van der Waals surface area contributed by atoms with Gasteiger partial charge in [-0.1, -0.05) is 0 Å². The van der Waals surface area contributed by atoms with Crippen LogP contribution in [0.15, 0.2) is 24.5 Å². The summed E-state index contributed by atoms with van der Waals surface area (Å²) in [5.41, 5.74) is 3.28. The lowest BCUT2D eigenvalue weighted by atomic mass is 10.3. The summed E-state index contributed by atoms with van der Waals surface area (Å²) >= 11 is 0. The van der Waals surface area contributed by atoms with Gasteiger partial charge >= 0.3 is 0 Å². The van der Waals surface area contributed by atoms with Gasteiger partial charge < -0.3 is 14.8 Å². The second kappa shape index (κ2) is 4.63. The highest BCUT2D eigenvalue weighted by Gasteiger charge is 2.04. The lowest BCUT2D eigenvalue weighted by molar-refractivity contribution is 0.250. The van der Waals surface area contributed by atoms with Crippen molar-refractivity contribution in [2.45, 2.75) is 26.4 Å². The van der Waals surface area contributed by atoms with Crippen LogP contribution in [0.1, 0.15) is 18.2 Å². The molecule has 86 valence electrons. The zero-order valence-electron chi connectivity index (χ0n) is 9.64. The summed E-state index contributed by atoms with van der Waals surface area (Å²) in [6.45, 7) is 4.87. The van der Waals surface area contributed by atoms with Crippen LogP contribution in [0, 0.1) is 6.92 Å². The van der Waals surface area contributed by atoms with Gasteiger partial charge in [-0.3, -0.25) is 0 Å². The molecule has 4 nitrogen and oxygen atoms in total. The van der Waals surface area contributed by atoms with Crippen molar-refractivity contribution in [2.75, 3.05) is 6.61 Å². The van der Waals surface area contributed by atoms with Gasteiger partial charge in [-0.15, -0.1) is 0 Å². The lowest BCUT2D eigenvalue weighted by Gasteiger charge is -2.10. The zero-order valence-corrected chi connectivity index (χ0v) is 9.64. The summed E-state index contributed by atoms with van der Waals surface area (Å²) in [4.78, 5) is 4.34. The predicted octanol–water partition coefficient (Wildman–Crippen LogP) is 1.11. The maximum atomic E-state index is 8.93. The number of nitrogens with zero attached hydrogens (tertiary/aromatic N) is 2. The molecule has 0 saturated carbocycles.